The molecule has 2 rings (SSSR count). The van der Waals surface area contributed by atoms with Crippen molar-refractivity contribution < 1.29 is 4.74 Å². The predicted octanol–water partition coefficient (Wildman–Crippen LogP) is 3.47. The van der Waals surface area contributed by atoms with Gasteiger partial charge in [0.15, 0.2) is 0 Å². The van der Waals surface area contributed by atoms with Crippen LogP contribution in [0.3, 0.4) is 0 Å². The van der Waals surface area contributed by atoms with Gasteiger partial charge in [0.1, 0.15) is 5.82 Å². The number of pyridine rings is 1. The van der Waals surface area contributed by atoms with Crippen LogP contribution < -0.4 is 10.1 Å². The second kappa shape index (κ2) is 4.94. The van der Waals surface area contributed by atoms with Gasteiger partial charge in [-0.2, -0.15) is 4.98 Å². The van der Waals surface area contributed by atoms with Crippen LogP contribution in [0.1, 0.15) is 39.5 Å². The molecule has 1 unspecified atom stereocenters. The second-order valence-electron chi connectivity index (χ2n) is 5.50. The van der Waals surface area contributed by atoms with Crippen LogP contribution in [-0.2, 0) is 0 Å². The molecule has 0 radical (unpaired) electrons. The third-order valence-corrected chi connectivity index (χ3v) is 3.76. The van der Waals surface area contributed by atoms with Gasteiger partial charge in [-0.25, -0.2) is 0 Å². The summed E-state index contributed by atoms with van der Waals surface area (Å²) in [5.74, 6) is 1.59. The molecular formula is C14H22N2O. The van der Waals surface area contributed by atoms with Gasteiger partial charge in [-0.05, 0) is 24.3 Å². The highest BCUT2D eigenvalue weighted by Gasteiger charge is 2.32. The van der Waals surface area contributed by atoms with E-state index in [0.717, 1.165) is 5.82 Å². The van der Waals surface area contributed by atoms with Gasteiger partial charge in [-0.15, -0.1) is 0 Å². The molecular weight excluding hydrogens is 212 g/mol. The van der Waals surface area contributed by atoms with Crippen LogP contribution >= 0.6 is 0 Å². The molecule has 0 bridgehead atoms. The zero-order chi connectivity index (χ0) is 12.3. The number of anilines is 1. The van der Waals surface area contributed by atoms with Gasteiger partial charge >= 0.3 is 0 Å². The maximum atomic E-state index is 5.14. The van der Waals surface area contributed by atoms with Gasteiger partial charge in [0.25, 0.3) is 0 Å². The minimum atomic E-state index is 0.350. The van der Waals surface area contributed by atoms with Crippen LogP contribution in [0.2, 0.25) is 0 Å². The first kappa shape index (κ1) is 12.2. The molecule has 1 aliphatic carbocycles. The molecule has 17 heavy (non-hydrogen) atoms. The molecule has 0 spiro atoms. The highest BCUT2D eigenvalue weighted by molar-refractivity contribution is 5.38. The highest BCUT2D eigenvalue weighted by atomic mass is 16.5. The van der Waals surface area contributed by atoms with Crippen molar-refractivity contribution in [3.05, 3.63) is 18.2 Å². The fourth-order valence-electron chi connectivity index (χ4n) is 2.55. The fraction of sp³-hybridized carbons (Fsp3) is 0.643. The van der Waals surface area contributed by atoms with Crippen molar-refractivity contribution in [2.24, 2.45) is 5.41 Å². The Morgan fingerprint density at radius 1 is 1.35 bits per heavy atom. The Labute approximate surface area is 104 Å². The Hall–Kier alpha value is -1.25. The van der Waals surface area contributed by atoms with Crippen molar-refractivity contribution in [3.8, 4) is 5.88 Å². The van der Waals surface area contributed by atoms with Gasteiger partial charge in [0, 0.05) is 12.1 Å². The van der Waals surface area contributed by atoms with Gasteiger partial charge in [-0.1, -0.05) is 32.8 Å². The third-order valence-electron chi connectivity index (χ3n) is 3.76. The highest BCUT2D eigenvalue weighted by Crippen LogP contribution is 2.37. The van der Waals surface area contributed by atoms with Gasteiger partial charge in [0.2, 0.25) is 5.88 Å². The van der Waals surface area contributed by atoms with Gasteiger partial charge in [-0.3, -0.25) is 0 Å². The standard InChI is InChI=1S/C14H22N2O/c1-14(2)10-5-4-7-11(14)15-12-8-6-9-13(16-12)17-3/h6,8-9,11H,4-5,7,10H2,1-3H3,(H,15,16). The quantitative estimate of drug-likeness (QED) is 0.869. The number of aromatic nitrogens is 1. The van der Waals surface area contributed by atoms with Crippen molar-refractivity contribution in [2.75, 3.05) is 12.4 Å². The van der Waals surface area contributed by atoms with Crippen molar-refractivity contribution in [1.82, 2.24) is 4.98 Å². The number of methoxy groups -OCH3 is 1. The normalized spacial score (nSPS) is 23.1. The number of nitrogens with zero attached hydrogens (tertiary/aromatic N) is 1. The lowest BCUT2D eigenvalue weighted by atomic mass is 9.73. The summed E-state index contributed by atoms with van der Waals surface area (Å²) in [5, 5.41) is 3.55. The molecule has 0 aliphatic heterocycles. The predicted molar refractivity (Wildman–Crippen MR) is 70.4 cm³/mol. The zero-order valence-corrected chi connectivity index (χ0v) is 11.0. The molecule has 0 saturated heterocycles. The molecule has 1 saturated carbocycles. The molecule has 1 aromatic rings. The molecule has 1 atom stereocenters. The molecule has 94 valence electrons. The molecule has 1 aromatic heterocycles. The van der Waals surface area contributed by atoms with Crippen molar-refractivity contribution in [1.29, 1.82) is 0 Å². The Kier molecular flexibility index (Phi) is 3.55. The lowest BCUT2D eigenvalue weighted by Crippen LogP contribution is -2.39. The minimum absolute atomic E-state index is 0.350. The van der Waals surface area contributed by atoms with Crippen LogP contribution in [0.4, 0.5) is 5.82 Å². The maximum absolute atomic E-state index is 5.14. The summed E-state index contributed by atoms with van der Waals surface area (Å²) in [6.07, 6.45) is 5.17. The van der Waals surface area contributed by atoms with E-state index in [2.05, 4.69) is 24.1 Å². The maximum Gasteiger partial charge on any atom is 0.214 e. The summed E-state index contributed by atoms with van der Waals surface area (Å²) in [4.78, 5) is 4.42. The molecule has 1 N–H and O–H groups in total. The third kappa shape index (κ3) is 2.90. The van der Waals surface area contributed by atoms with Crippen molar-refractivity contribution in [2.45, 2.75) is 45.6 Å². The average Bonchev–Trinajstić information content (AvgIpc) is 2.32. The summed E-state index contributed by atoms with van der Waals surface area (Å²) in [7, 11) is 1.65. The minimum Gasteiger partial charge on any atom is -0.481 e. The monoisotopic (exact) mass is 234 g/mol. The molecule has 1 aliphatic rings. The summed E-state index contributed by atoms with van der Waals surface area (Å²) in [6.45, 7) is 4.67. The van der Waals surface area contributed by atoms with E-state index in [1.54, 1.807) is 7.11 Å². The number of hydrogen-bond donors (Lipinski definition) is 1. The van der Waals surface area contributed by atoms with E-state index >= 15 is 0 Å². The number of rotatable bonds is 3. The summed E-state index contributed by atoms with van der Waals surface area (Å²) in [6, 6.07) is 6.37. The Morgan fingerprint density at radius 3 is 2.88 bits per heavy atom. The van der Waals surface area contributed by atoms with E-state index in [-0.39, 0.29) is 0 Å². The van der Waals surface area contributed by atoms with Crippen LogP contribution in [0.15, 0.2) is 18.2 Å². The fourth-order valence-corrected chi connectivity index (χ4v) is 2.55. The Bertz CT molecular complexity index is 376. The first-order chi connectivity index (χ1) is 8.12. The number of hydrogen-bond acceptors (Lipinski definition) is 3. The average molecular weight is 234 g/mol. The largest absolute Gasteiger partial charge is 0.481 e. The van der Waals surface area contributed by atoms with Crippen LogP contribution in [0.5, 0.6) is 5.88 Å². The summed E-state index contributed by atoms with van der Waals surface area (Å²) in [5.41, 5.74) is 0.350. The van der Waals surface area contributed by atoms with E-state index in [1.807, 2.05) is 18.2 Å². The van der Waals surface area contributed by atoms with Crippen LogP contribution in [0, 0.1) is 5.41 Å². The van der Waals surface area contributed by atoms with Crippen LogP contribution in [-0.4, -0.2) is 18.1 Å². The number of ether oxygens (including phenoxy) is 1. The first-order valence-corrected chi connectivity index (χ1v) is 6.39. The summed E-state index contributed by atoms with van der Waals surface area (Å²) >= 11 is 0. The SMILES string of the molecule is COc1cccc(NC2CCCCC2(C)C)n1. The topological polar surface area (TPSA) is 34.1 Å². The molecule has 0 amide bonds. The molecule has 3 heteroatoms. The molecule has 1 fully saturated rings. The van der Waals surface area contributed by atoms with Crippen LogP contribution in [0.25, 0.3) is 0 Å². The smallest absolute Gasteiger partial charge is 0.214 e. The first-order valence-electron chi connectivity index (χ1n) is 6.39. The Morgan fingerprint density at radius 2 is 2.18 bits per heavy atom. The van der Waals surface area contributed by atoms with Gasteiger partial charge in [0.05, 0.1) is 7.11 Å². The van der Waals surface area contributed by atoms with E-state index in [1.165, 1.54) is 25.7 Å². The van der Waals surface area contributed by atoms with Crippen molar-refractivity contribution >= 4 is 5.82 Å². The Balaban J connectivity index is 2.08. The van der Waals surface area contributed by atoms with E-state index in [9.17, 15) is 0 Å². The van der Waals surface area contributed by atoms with E-state index in [0.29, 0.717) is 17.3 Å². The van der Waals surface area contributed by atoms with Crippen molar-refractivity contribution in [3.63, 3.8) is 0 Å². The molecule has 3 nitrogen and oxygen atoms in total. The van der Waals surface area contributed by atoms with E-state index < -0.39 is 0 Å². The molecule has 0 aromatic carbocycles. The van der Waals surface area contributed by atoms with Gasteiger partial charge < -0.3 is 10.1 Å². The lowest BCUT2D eigenvalue weighted by molar-refractivity contribution is 0.216. The molecule has 1 heterocycles. The van der Waals surface area contributed by atoms with E-state index in [4.69, 9.17) is 4.74 Å². The lowest BCUT2D eigenvalue weighted by Gasteiger charge is -2.39. The number of nitrogens with one attached hydrogen (secondary N) is 1. The second-order valence-corrected chi connectivity index (χ2v) is 5.50. The zero-order valence-electron chi connectivity index (χ0n) is 11.0. The summed E-state index contributed by atoms with van der Waals surface area (Å²) < 4.78 is 5.14.